The Labute approximate surface area is 108 Å². The fourth-order valence-corrected chi connectivity index (χ4v) is 1.83. The van der Waals surface area contributed by atoms with Crippen LogP contribution in [0.2, 0.25) is 0 Å². The maximum atomic E-state index is 12.8. The number of nitro benzene ring substituents is 1. The third kappa shape index (κ3) is 3.92. The predicted molar refractivity (Wildman–Crippen MR) is 64.9 cm³/mol. The molecule has 0 aromatic heterocycles. The van der Waals surface area contributed by atoms with E-state index in [4.69, 9.17) is 0 Å². The normalized spacial score (nSPS) is 13.3. The molecular formula is C12H15F3N2O2. The summed E-state index contributed by atoms with van der Waals surface area (Å²) in [6, 6.07) is 3.19. The molecule has 1 atom stereocenters. The number of alkyl halides is 3. The maximum Gasteiger partial charge on any atom is 0.423 e. The van der Waals surface area contributed by atoms with E-state index in [0.717, 1.165) is 18.6 Å². The zero-order valence-electron chi connectivity index (χ0n) is 10.6. The number of nitrogens with zero attached hydrogens (tertiary/aromatic N) is 1. The molecule has 0 aliphatic heterocycles. The van der Waals surface area contributed by atoms with E-state index in [1.807, 2.05) is 6.92 Å². The Bertz CT molecular complexity index is 457. The number of benzene rings is 1. The van der Waals surface area contributed by atoms with Crippen molar-refractivity contribution >= 4 is 5.69 Å². The molecule has 0 amide bonds. The van der Waals surface area contributed by atoms with Crippen molar-refractivity contribution in [2.75, 3.05) is 7.05 Å². The van der Waals surface area contributed by atoms with E-state index < -0.39 is 22.4 Å². The Balaban J connectivity index is 3.15. The Morgan fingerprint density at radius 3 is 2.47 bits per heavy atom. The van der Waals surface area contributed by atoms with Gasteiger partial charge in [-0.15, -0.1) is 0 Å². The zero-order chi connectivity index (χ0) is 14.6. The van der Waals surface area contributed by atoms with Crippen LogP contribution in [0.1, 0.15) is 24.5 Å². The van der Waals surface area contributed by atoms with E-state index in [1.165, 1.54) is 6.07 Å². The van der Waals surface area contributed by atoms with Gasteiger partial charge in [-0.25, -0.2) is 0 Å². The third-order valence-electron chi connectivity index (χ3n) is 2.95. The van der Waals surface area contributed by atoms with Crippen molar-refractivity contribution in [3.8, 4) is 0 Å². The minimum Gasteiger partial charge on any atom is -0.317 e. The molecule has 0 aliphatic carbocycles. The molecule has 1 aromatic rings. The van der Waals surface area contributed by atoms with Crippen molar-refractivity contribution in [1.29, 1.82) is 0 Å². The first kappa shape index (κ1) is 15.4. The van der Waals surface area contributed by atoms with Gasteiger partial charge in [-0.1, -0.05) is 13.0 Å². The van der Waals surface area contributed by atoms with Gasteiger partial charge < -0.3 is 5.32 Å². The summed E-state index contributed by atoms with van der Waals surface area (Å²) in [4.78, 5) is 9.60. The summed E-state index contributed by atoms with van der Waals surface area (Å²) in [5.74, 6) is 0. The number of nitro groups is 1. The summed E-state index contributed by atoms with van der Waals surface area (Å²) in [6.45, 7) is 1.91. The lowest BCUT2D eigenvalue weighted by atomic mass is 10.0. The molecule has 1 unspecified atom stereocenters. The Morgan fingerprint density at radius 2 is 2.05 bits per heavy atom. The molecule has 0 fully saturated rings. The average molecular weight is 276 g/mol. The Morgan fingerprint density at radius 1 is 1.42 bits per heavy atom. The van der Waals surface area contributed by atoms with E-state index in [0.29, 0.717) is 12.0 Å². The molecule has 1 aromatic carbocycles. The lowest BCUT2D eigenvalue weighted by Crippen LogP contribution is -2.26. The molecule has 0 heterocycles. The van der Waals surface area contributed by atoms with Gasteiger partial charge in [-0.2, -0.15) is 13.2 Å². The molecule has 1 rings (SSSR count). The highest BCUT2D eigenvalue weighted by atomic mass is 19.4. The highest BCUT2D eigenvalue weighted by Crippen LogP contribution is 2.36. The largest absolute Gasteiger partial charge is 0.423 e. The second kappa shape index (κ2) is 6.01. The number of halogens is 3. The van der Waals surface area contributed by atoms with Crippen LogP contribution in [0.25, 0.3) is 0 Å². The second-order valence-electron chi connectivity index (χ2n) is 4.20. The van der Waals surface area contributed by atoms with Crippen LogP contribution in [0.5, 0.6) is 0 Å². The fourth-order valence-electron chi connectivity index (χ4n) is 1.83. The highest BCUT2D eigenvalue weighted by Gasteiger charge is 2.38. The number of hydrogen-bond acceptors (Lipinski definition) is 3. The standard InChI is InChI=1S/C12H15F3N2O2/c1-3-9(16-2)6-8-4-5-11(17(18)19)10(7-8)12(13,14)15/h4-5,7,9,16H,3,6H2,1-2H3. The molecule has 19 heavy (non-hydrogen) atoms. The van der Waals surface area contributed by atoms with Crippen molar-refractivity contribution in [3.63, 3.8) is 0 Å². The summed E-state index contributed by atoms with van der Waals surface area (Å²) < 4.78 is 38.3. The van der Waals surface area contributed by atoms with Crippen molar-refractivity contribution in [2.24, 2.45) is 0 Å². The van der Waals surface area contributed by atoms with Gasteiger partial charge in [-0.05, 0) is 31.5 Å². The van der Waals surface area contributed by atoms with Crippen LogP contribution in [-0.4, -0.2) is 18.0 Å². The fraction of sp³-hybridized carbons (Fsp3) is 0.500. The quantitative estimate of drug-likeness (QED) is 0.664. The first-order chi connectivity index (χ1) is 8.79. The molecule has 0 saturated carbocycles. The van der Waals surface area contributed by atoms with E-state index >= 15 is 0 Å². The van der Waals surface area contributed by atoms with Crippen molar-refractivity contribution in [2.45, 2.75) is 32.0 Å². The number of likely N-dealkylation sites (N-methyl/N-ethyl adjacent to an activating group) is 1. The van der Waals surface area contributed by atoms with E-state index in [-0.39, 0.29) is 6.04 Å². The smallest absolute Gasteiger partial charge is 0.317 e. The van der Waals surface area contributed by atoms with Gasteiger partial charge >= 0.3 is 6.18 Å². The maximum absolute atomic E-state index is 12.8. The van der Waals surface area contributed by atoms with Crippen LogP contribution in [-0.2, 0) is 12.6 Å². The molecule has 0 aliphatic rings. The molecule has 7 heteroatoms. The number of nitrogens with one attached hydrogen (secondary N) is 1. The van der Waals surface area contributed by atoms with Crippen LogP contribution in [0.3, 0.4) is 0 Å². The first-order valence-electron chi connectivity index (χ1n) is 5.81. The monoisotopic (exact) mass is 276 g/mol. The number of rotatable bonds is 5. The van der Waals surface area contributed by atoms with Gasteiger partial charge in [0, 0.05) is 12.1 Å². The predicted octanol–water partition coefficient (Wildman–Crippen LogP) is 3.15. The van der Waals surface area contributed by atoms with Crippen LogP contribution < -0.4 is 5.32 Å². The molecule has 4 nitrogen and oxygen atoms in total. The summed E-state index contributed by atoms with van der Waals surface area (Å²) in [5.41, 5.74) is -1.67. The molecule has 0 saturated heterocycles. The molecule has 0 bridgehead atoms. The zero-order valence-corrected chi connectivity index (χ0v) is 10.6. The Hall–Kier alpha value is -1.63. The minimum absolute atomic E-state index is 0.0440. The SMILES string of the molecule is CCC(Cc1ccc([N+](=O)[O-])c(C(F)(F)F)c1)NC. The lowest BCUT2D eigenvalue weighted by Gasteiger charge is -2.15. The first-order valence-corrected chi connectivity index (χ1v) is 5.81. The van der Waals surface area contributed by atoms with Crippen molar-refractivity contribution in [3.05, 3.63) is 39.4 Å². The van der Waals surface area contributed by atoms with E-state index in [9.17, 15) is 23.3 Å². The number of hydrogen-bond donors (Lipinski definition) is 1. The van der Waals surface area contributed by atoms with Crippen LogP contribution in [0.15, 0.2) is 18.2 Å². The minimum atomic E-state index is -4.72. The van der Waals surface area contributed by atoms with Crippen LogP contribution in [0.4, 0.5) is 18.9 Å². The molecule has 1 N–H and O–H groups in total. The molecular weight excluding hydrogens is 261 g/mol. The molecule has 0 spiro atoms. The van der Waals surface area contributed by atoms with Gasteiger partial charge in [0.05, 0.1) is 4.92 Å². The van der Waals surface area contributed by atoms with Gasteiger partial charge in [0.1, 0.15) is 5.56 Å². The van der Waals surface area contributed by atoms with Gasteiger partial charge in [0.15, 0.2) is 0 Å². The summed E-state index contributed by atoms with van der Waals surface area (Å²) in [7, 11) is 1.73. The third-order valence-corrected chi connectivity index (χ3v) is 2.95. The summed E-state index contributed by atoms with van der Waals surface area (Å²) in [6.07, 6.45) is -3.57. The van der Waals surface area contributed by atoms with Crippen molar-refractivity contribution < 1.29 is 18.1 Å². The van der Waals surface area contributed by atoms with Crippen LogP contribution >= 0.6 is 0 Å². The average Bonchev–Trinajstić information content (AvgIpc) is 2.34. The topological polar surface area (TPSA) is 55.2 Å². The molecule has 0 radical (unpaired) electrons. The molecule has 106 valence electrons. The summed E-state index contributed by atoms with van der Waals surface area (Å²) >= 11 is 0. The van der Waals surface area contributed by atoms with E-state index in [1.54, 1.807) is 7.05 Å². The van der Waals surface area contributed by atoms with E-state index in [2.05, 4.69) is 5.32 Å². The second-order valence-corrected chi connectivity index (χ2v) is 4.20. The summed E-state index contributed by atoms with van der Waals surface area (Å²) in [5, 5.41) is 13.6. The van der Waals surface area contributed by atoms with Gasteiger partial charge in [-0.3, -0.25) is 10.1 Å². The van der Waals surface area contributed by atoms with Gasteiger partial charge in [0.25, 0.3) is 5.69 Å². The van der Waals surface area contributed by atoms with Crippen molar-refractivity contribution in [1.82, 2.24) is 5.32 Å². The van der Waals surface area contributed by atoms with Gasteiger partial charge in [0.2, 0.25) is 0 Å². The highest BCUT2D eigenvalue weighted by molar-refractivity contribution is 5.44. The lowest BCUT2D eigenvalue weighted by molar-refractivity contribution is -0.388. The van der Waals surface area contributed by atoms with Crippen LogP contribution in [0, 0.1) is 10.1 Å². The Kier molecular flexibility index (Phi) is 4.88.